The van der Waals surface area contributed by atoms with Gasteiger partial charge >= 0.3 is 12.1 Å². The minimum atomic E-state index is -4.90. The fraction of sp³-hybridized carbons (Fsp3) is 0.381. The van der Waals surface area contributed by atoms with Crippen LogP contribution in [0, 0.1) is 0 Å². The van der Waals surface area contributed by atoms with Gasteiger partial charge in [-0.05, 0) is 53.6 Å². The summed E-state index contributed by atoms with van der Waals surface area (Å²) in [6.45, 7) is -0.0441. The molecule has 2 aromatic rings. The van der Waals surface area contributed by atoms with Gasteiger partial charge in [-0.3, -0.25) is 4.79 Å². The maximum Gasteiger partial charge on any atom is 0.471 e. The first-order valence-corrected chi connectivity index (χ1v) is 10.3. The van der Waals surface area contributed by atoms with Crippen molar-refractivity contribution in [1.82, 2.24) is 4.90 Å². The highest BCUT2D eigenvalue weighted by Crippen LogP contribution is 2.39. The summed E-state index contributed by atoms with van der Waals surface area (Å²) in [5.74, 6) is -0.854. The van der Waals surface area contributed by atoms with Gasteiger partial charge in [0.05, 0.1) is 14.2 Å². The average molecular weight is 425 g/mol. The first-order chi connectivity index (χ1) is 13.8. The van der Waals surface area contributed by atoms with Crippen LogP contribution in [0.25, 0.3) is 0 Å². The average Bonchev–Trinajstić information content (AvgIpc) is 2.90. The van der Waals surface area contributed by atoms with Gasteiger partial charge in [0, 0.05) is 23.9 Å². The van der Waals surface area contributed by atoms with Gasteiger partial charge in [0.15, 0.2) is 0 Å². The molecule has 29 heavy (non-hydrogen) atoms. The van der Waals surface area contributed by atoms with Crippen LogP contribution in [-0.4, -0.2) is 50.5 Å². The molecule has 1 aliphatic rings. The zero-order chi connectivity index (χ0) is 21.2. The Bertz CT molecular complexity index is 884. The topological polar surface area (TPSA) is 38.8 Å². The SMILES string of the molecule is COc1ccc(C2CN(C(=O)C(F)(F)F)CCc3cc(OC)c(SC)cc32)cc1. The van der Waals surface area contributed by atoms with Crippen molar-refractivity contribution >= 4 is 17.7 Å². The molecule has 0 saturated heterocycles. The largest absolute Gasteiger partial charge is 0.497 e. The lowest BCUT2D eigenvalue weighted by molar-refractivity contribution is -0.185. The number of carbonyl (C=O) groups is 1. The van der Waals surface area contributed by atoms with Gasteiger partial charge in [-0.25, -0.2) is 0 Å². The lowest BCUT2D eigenvalue weighted by atomic mass is 9.88. The van der Waals surface area contributed by atoms with Crippen molar-refractivity contribution < 1.29 is 27.4 Å². The van der Waals surface area contributed by atoms with Gasteiger partial charge in [-0.1, -0.05) is 12.1 Å². The Morgan fingerprint density at radius 2 is 1.83 bits per heavy atom. The minimum absolute atomic E-state index is 0.000231. The third-order valence-corrected chi connectivity index (χ3v) is 5.88. The van der Waals surface area contributed by atoms with E-state index in [0.717, 1.165) is 26.5 Å². The number of carbonyl (C=O) groups excluding carboxylic acids is 1. The molecule has 8 heteroatoms. The van der Waals surface area contributed by atoms with Crippen LogP contribution in [0.5, 0.6) is 11.5 Å². The molecule has 1 amide bonds. The van der Waals surface area contributed by atoms with Gasteiger partial charge in [0.1, 0.15) is 11.5 Å². The number of benzene rings is 2. The summed E-state index contributed by atoms with van der Waals surface area (Å²) in [5.41, 5.74) is 2.63. The lowest BCUT2D eigenvalue weighted by Crippen LogP contribution is -2.43. The minimum Gasteiger partial charge on any atom is -0.497 e. The van der Waals surface area contributed by atoms with Crippen LogP contribution >= 0.6 is 11.8 Å². The summed E-state index contributed by atoms with van der Waals surface area (Å²) in [6, 6.07) is 11.0. The van der Waals surface area contributed by atoms with Crippen LogP contribution in [0.4, 0.5) is 13.2 Å². The molecule has 0 fully saturated rings. The molecule has 3 rings (SSSR count). The summed E-state index contributed by atoms with van der Waals surface area (Å²) in [6.07, 6.45) is -2.65. The number of hydrogen-bond acceptors (Lipinski definition) is 4. The highest BCUT2D eigenvalue weighted by molar-refractivity contribution is 7.98. The third kappa shape index (κ3) is 4.47. The summed E-state index contributed by atoms with van der Waals surface area (Å²) < 4.78 is 50.0. The molecule has 0 spiro atoms. The summed E-state index contributed by atoms with van der Waals surface area (Å²) >= 11 is 1.51. The fourth-order valence-electron chi connectivity index (χ4n) is 3.63. The quantitative estimate of drug-likeness (QED) is 0.676. The number of fused-ring (bicyclic) bond motifs is 1. The second-order valence-corrected chi connectivity index (χ2v) is 7.58. The second kappa shape index (κ2) is 8.57. The second-order valence-electron chi connectivity index (χ2n) is 6.73. The van der Waals surface area contributed by atoms with Crippen LogP contribution in [0.1, 0.15) is 22.6 Å². The molecule has 0 bridgehead atoms. The zero-order valence-corrected chi connectivity index (χ0v) is 17.2. The van der Waals surface area contributed by atoms with Crippen molar-refractivity contribution in [2.45, 2.75) is 23.4 Å². The highest BCUT2D eigenvalue weighted by atomic mass is 32.2. The van der Waals surface area contributed by atoms with E-state index in [-0.39, 0.29) is 19.0 Å². The number of thioether (sulfide) groups is 1. The zero-order valence-electron chi connectivity index (χ0n) is 16.4. The molecule has 156 valence electrons. The number of alkyl halides is 3. The van der Waals surface area contributed by atoms with Crippen LogP contribution in [0.15, 0.2) is 41.3 Å². The Morgan fingerprint density at radius 3 is 2.38 bits per heavy atom. The number of nitrogens with zero attached hydrogens (tertiary/aromatic N) is 1. The van der Waals surface area contributed by atoms with Crippen molar-refractivity contribution in [2.75, 3.05) is 33.6 Å². The molecular formula is C21H22F3NO3S. The summed E-state index contributed by atoms with van der Waals surface area (Å²) in [7, 11) is 3.12. The van der Waals surface area contributed by atoms with Crippen LogP contribution in [-0.2, 0) is 11.2 Å². The van der Waals surface area contributed by atoms with Crippen molar-refractivity contribution in [1.29, 1.82) is 0 Å². The molecular weight excluding hydrogens is 403 g/mol. The van der Waals surface area contributed by atoms with E-state index in [2.05, 4.69) is 0 Å². The van der Waals surface area contributed by atoms with E-state index < -0.39 is 12.1 Å². The molecule has 2 aromatic carbocycles. The molecule has 0 radical (unpaired) electrons. The summed E-state index contributed by atoms with van der Waals surface area (Å²) in [4.78, 5) is 13.8. The molecule has 0 N–H and O–H groups in total. The Labute approximate surface area is 172 Å². The van der Waals surface area contributed by atoms with E-state index in [1.54, 1.807) is 26.4 Å². The van der Waals surface area contributed by atoms with Gasteiger partial charge < -0.3 is 14.4 Å². The van der Waals surface area contributed by atoms with E-state index in [0.29, 0.717) is 17.9 Å². The van der Waals surface area contributed by atoms with E-state index in [1.807, 2.05) is 30.5 Å². The van der Waals surface area contributed by atoms with Gasteiger partial charge in [0.2, 0.25) is 0 Å². The number of methoxy groups -OCH3 is 2. The first-order valence-electron chi connectivity index (χ1n) is 9.03. The molecule has 1 heterocycles. The standard InChI is InChI=1S/C21H22F3NO3S/c1-27-15-6-4-13(5-7-15)17-12-25(20(26)21(22,23)24)9-8-14-10-18(28-2)19(29-3)11-16(14)17/h4-7,10-11,17H,8-9,12H2,1-3H3. The van der Waals surface area contributed by atoms with Crippen molar-refractivity contribution in [3.05, 3.63) is 53.1 Å². The Kier molecular flexibility index (Phi) is 6.31. The van der Waals surface area contributed by atoms with Gasteiger partial charge in [-0.15, -0.1) is 11.8 Å². The van der Waals surface area contributed by atoms with Crippen LogP contribution < -0.4 is 9.47 Å². The molecule has 1 aliphatic heterocycles. The van der Waals surface area contributed by atoms with E-state index in [9.17, 15) is 18.0 Å². The van der Waals surface area contributed by atoms with E-state index >= 15 is 0 Å². The lowest BCUT2D eigenvalue weighted by Gasteiger charge is -2.26. The predicted molar refractivity (Wildman–Crippen MR) is 106 cm³/mol. The monoisotopic (exact) mass is 425 g/mol. The Morgan fingerprint density at radius 1 is 1.14 bits per heavy atom. The smallest absolute Gasteiger partial charge is 0.471 e. The number of hydrogen-bond donors (Lipinski definition) is 0. The predicted octanol–water partition coefficient (Wildman–Crippen LogP) is 4.50. The Hall–Kier alpha value is -2.35. The normalized spacial score (nSPS) is 16.8. The number of amides is 1. The number of ether oxygens (including phenoxy) is 2. The van der Waals surface area contributed by atoms with E-state index in [1.165, 1.54) is 11.8 Å². The van der Waals surface area contributed by atoms with Crippen LogP contribution in [0.3, 0.4) is 0 Å². The number of rotatable bonds is 4. The molecule has 0 aromatic heterocycles. The third-order valence-electron chi connectivity index (χ3n) is 5.12. The molecule has 1 atom stereocenters. The van der Waals surface area contributed by atoms with Gasteiger partial charge in [-0.2, -0.15) is 13.2 Å². The highest BCUT2D eigenvalue weighted by Gasteiger charge is 2.43. The molecule has 0 saturated carbocycles. The van der Waals surface area contributed by atoms with Crippen LogP contribution in [0.2, 0.25) is 0 Å². The molecule has 1 unspecified atom stereocenters. The maximum absolute atomic E-state index is 13.1. The van der Waals surface area contributed by atoms with Crippen molar-refractivity contribution in [3.8, 4) is 11.5 Å². The Balaban J connectivity index is 2.10. The fourth-order valence-corrected chi connectivity index (χ4v) is 4.22. The molecule has 0 aliphatic carbocycles. The first kappa shape index (κ1) is 21.4. The summed E-state index contributed by atoms with van der Waals surface area (Å²) in [5, 5.41) is 0. The van der Waals surface area contributed by atoms with Crippen molar-refractivity contribution in [3.63, 3.8) is 0 Å². The molecule has 4 nitrogen and oxygen atoms in total. The van der Waals surface area contributed by atoms with Crippen molar-refractivity contribution in [2.24, 2.45) is 0 Å². The maximum atomic E-state index is 13.1. The van der Waals surface area contributed by atoms with Gasteiger partial charge in [0.25, 0.3) is 0 Å². The van der Waals surface area contributed by atoms with E-state index in [4.69, 9.17) is 9.47 Å². The number of halogens is 3.